The molecule has 0 aromatic heterocycles. The number of carbonyl (C=O) groups excluding carboxylic acids is 1. The van der Waals surface area contributed by atoms with Crippen molar-refractivity contribution in [3.63, 3.8) is 0 Å². The van der Waals surface area contributed by atoms with E-state index in [2.05, 4.69) is 29.5 Å². The van der Waals surface area contributed by atoms with Crippen LogP contribution in [0.15, 0.2) is 0 Å². The van der Waals surface area contributed by atoms with E-state index in [4.69, 9.17) is 0 Å². The summed E-state index contributed by atoms with van der Waals surface area (Å²) in [6.45, 7) is 6.18. The van der Waals surface area contributed by atoms with E-state index in [1.165, 1.54) is 13.0 Å². The van der Waals surface area contributed by atoms with Gasteiger partial charge in [0.25, 0.3) is 0 Å². The van der Waals surface area contributed by atoms with Crippen molar-refractivity contribution < 1.29 is 4.79 Å². The molecule has 2 aliphatic rings. The molecule has 2 fully saturated rings. The normalized spacial score (nSPS) is 34.8. The smallest absolute Gasteiger partial charge is 0.224 e. The molecule has 3 unspecified atom stereocenters. The van der Waals surface area contributed by atoms with Crippen molar-refractivity contribution >= 4 is 5.91 Å². The number of hydrogen-bond acceptors (Lipinski definition) is 3. The molecule has 0 bridgehead atoms. The number of piperidine rings is 1. The average Bonchev–Trinajstić information content (AvgIpc) is 2.73. The quantitative estimate of drug-likeness (QED) is 0.751. The summed E-state index contributed by atoms with van der Waals surface area (Å²) in [4.78, 5) is 14.3. The highest BCUT2D eigenvalue weighted by molar-refractivity contribution is 5.79. The van der Waals surface area contributed by atoms with Crippen LogP contribution in [0.1, 0.15) is 26.2 Å². The van der Waals surface area contributed by atoms with Gasteiger partial charge in [0.15, 0.2) is 0 Å². The van der Waals surface area contributed by atoms with Gasteiger partial charge in [0.05, 0.1) is 5.92 Å². The van der Waals surface area contributed by atoms with Gasteiger partial charge in [-0.3, -0.25) is 4.79 Å². The molecule has 2 rings (SSSR count). The SMILES string of the molecule is CC1CCC(C(=O)NCC2CCN(C)C2)CN1. The van der Waals surface area contributed by atoms with Crippen LogP contribution in [0.3, 0.4) is 0 Å². The molecule has 0 aromatic carbocycles. The number of nitrogens with one attached hydrogen (secondary N) is 2. The fourth-order valence-corrected chi connectivity index (χ4v) is 2.80. The van der Waals surface area contributed by atoms with Gasteiger partial charge in [-0.25, -0.2) is 0 Å². The van der Waals surface area contributed by atoms with E-state index in [9.17, 15) is 4.79 Å². The van der Waals surface area contributed by atoms with Crippen LogP contribution in [-0.4, -0.2) is 50.1 Å². The lowest BCUT2D eigenvalue weighted by atomic mass is 9.94. The van der Waals surface area contributed by atoms with Crippen molar-refractivity contribution in [1.29, 1.82) is 0 Å². The third-order valence-corrected chi connectivity index (χ3v) is 4.09. The molecule has 0 aromatic rings. The van der Waals surface area contributed by atoms with Gasteiger partial charge >= 0.3 is 0 Å². The van der Waals surface area contributed by atoms with Crippen molar-refractivity contribution in [2.24, 2.45) is 11.8 Å². The summed E-state index contributed by atoms with van der Waals surface area (Å²) in [6, 6.07) is 0.572. The third kappa shape index (κ3) is 3.68. The van der Waals surface area contributed by atoms with E-state index in [-0.39, 0.29) is 11.8 Å². The van der Waals surface area contributed by atoms with Gasteiger partial charge in [0.2, 0.25) is 5.91 Å². The second-order valence-corrected chi connectivity index (χ2v) is 5.75. The van der Waals surface area contributed by atoms with Gasteiger partial charge < -0.3 is 15.5 Å². The molecule has 98 valence electrons. The molecule has 4 nitrogen and oxygen atoms in total. The highest BCUT2D eigenvalue weighted by Gasteiger charge is 2.25. The van der Waals surface area contributed by atoms with Crippen molar-refractivity contribution in [3.05, 3.63) is 0 Å². The molecule has 0 aliphatic carbocycles. The van der Waals surface area contributed by atoms with E-state index in [0.717, 1.165) is 32.5 Å². The molecule has 2 saturated heterocycles. The van der Waals surface area contributed by atoms with Crippen LogP contribution in [0, 0.1) is 11.8 Å². The Morgan fingerprint density at radius 1 is 1.41 bits per heavy atom. The van der Waals surface area contributed by atoms with E-state index in [1.54, 1.807) is 0 Å². The van der Waals surface area contributed by atoms with E-state index >= 15 is 0 Å². The van der Waals surface area contributed by atoms with Crippen molar-refractivity contribution in [1.82, 2.24) is 15.5 Å². The van der Waals surface area contributed by atoms with Crippen LogP contribution in [0.4, 0.5) is 0 Å². The third-order valence-electron chi connectivity index (χ3n) is 4.09. The summed E-state index contributed by atoms with van der Waals surface area (Å²) in [6.07, 6.45) is 3.37. The second kappa shape index (κ2) is 5.83. The average molecular weight is 239 g/mol. The van der Waals surface area contributed by atoms with E-state index in [0.29, 0.717) is 12.0 Å². The number of carbonyl (C=O) groups is 1. The first-order valence-electron chi connectivity index (χ1n) is 6.85. The topological polar surface area (TPSA) is 44.4 Å². The molecule has 3 atom stereocenters. The number of hydrogen-bond donors (Lipinski definition) is 2. The Balaban J connectivity index is 1.67. The predicted octanol–water partition coefficient (Wildman–Crippen LogP) is 0.442. The van der Waals surface area contributed by atoms with Crippen LogP contribution < -0.4 is 10.6 Å². The number of likely N-dealkylation sites (tertiary alicyclic amines) is 1. The highest BCUT2D eigenvalue weighted by atomic mass is 16.1. The lowest BCUT2D eigenvalue weighted by Crippen LogP contribution is -2.45. The van der Waals surface area contributed by atoms with Crippen molar-refractivity contribution in [2.75, 3.05) is 33.2 Å². The molecule has 0 radical (unpaired) electrons. The lowest BCUT2D eigenvalue weighted by molar-refractivity contribution is -0.125. The maximum absolute atomic E-state index is 12.0. The molecule has 0 saturated carbocycles. The lowest BCUT2D eigenvalue weighted by Gasteiger charge is -2.27. The zero-order chi connectivity index (χ0) is 12.3. The molecule has 2 heterocycles. The van der Waals surface area contributed by atoms with Gasteiger partial charge in [-0.05, 0) is 45.7 Å². The van der Waals surface area contributed by atoms with Crippen LogP contribution in [0.2, 0.25) is 0 Å². The van der Waals surface area contributed by atoms with Gasteiger partial charge in [0, 0.05) is 25.7 Å². The van der Waals surface area contributed by atoms with Crippen LogP contribution >= 0.6 is 0 Å². The number of amides is 1. The minimum absolute atomic E-state index is 0.185. The summed E-state index contributed by atoms with van der Waals surface area (Å²) < 4.78 is 0. The molecule has 2 N–H and O–H groups in total. The van der Waals surface area contributed by atoms with Crippen LogP contribution in [-0.2, 0) is 4.79 Å². The molecule has 17 heavy (non-hydrogen) atoms. The summed E-state index contributed by atoms with van der Waals surface area (Å²) in [7, 11) is 2.15. The Bertz CT molecular complexity index is 261. The Morgan fingerprint density at radius 3 is 2.82 bits per heavy atom. The first kappa shape index (κ1) is 12.8. The molecular formula is C13H25N3O. The Morgan fingerprint density at radius 2 is 2.24 bits per heavy atom. The fraction of sp³-hybridized carbons (Fsp3) is 0.923. The molecular weight excluding hydrogens is 214 g/mol. The van der Waals surface area contributed by atoms with Gasteiger partial charge in [-0.1, -0.05) is 0 Å². The largest absolute Gasteiger partial charge is 0.355 e. The molecule has 1 amide bonds. The minimum atomic E-state index is 0.185. The van der Waals surface area contributed by atoms with Crippen molar-refractivity contribution in [3.8, 4) is 0 Å². The Labute approximate surface area is 104 Å². The highest BCUT2D eigenvalue weighted by Crippen LogP contribution is 2.16. The zero-order valence-electron chi connectivity index (χ0n) is 11.0. The zero-order valence-corrected chi connectivity index (χ0v) is 11.0. The predicted molar refractivity (Wildman–Crippen MR) is 68.8 cm³/mol. The monoisotopic (exact) mass is 239 g/mol. The first-order valence-corrected chi connectivity index (χ1v) is 6.85. The van der Waals surface area contributed by atoms with Gasteiger partial charge in [-0.15, -0.1) is 0 Å². The fourth-order valence-electron chi connectivity index (χ4n) is 2.80. The standard InChI is InChI=1S/C13H25N3O/c1-10-3-4-12(8-14-10)13(17)15-7-11-5-6-16(2)9-11/h10-12,14H,3-9H2,1-2H3,(H,15,17). The summed E-state index contributed by atoms with van der Waals surface area (Å²) >= 11 is 0. The molecule has 0 spiro atoms. The molecule has 4 heteroatoms. The maximum atomic E-state index is 12.0. The summed E-state index contributed by atoms with van der Waals surface area (Å²) in [5.41, 5.74) is 0. The summed E-state index contributed by atoms with van der Waals surface area (Å²) in [5, 5.41) is 6.50. The maximum Gasteiger partial charge on any atom is 0.224 e. The van der Waals surface area contributed by atoms with Crippen LogP contribution in [0.25, 0.3) is 0 Å². The van der Waals surface area contributed by atoms with Gasteiger partial charge in [0.1, 0.15) is 0 Å². The van der Waals surface area contributed by atoms with E-state index < -0.39 is 0 Å². The minimum Gasteiger partial charge on any atom is -0.355 e. The Kier molecular flexibility index (Phi) is 4.40. The number of nitrogens with zero attached hydrogens (tertiary/aromatic N) is 1. The van der Waals surface area contributed by atoms with Crippen LogP contribution in [0.5, 0.6) is 0 Å². The number of rotatable bonds is 3. The summed E-state index contributed by atoms with van der Waals surface area (Å²) in [5.74, 6) is 1.09. The van der Waals surface area contributed by atoms with E-state index in [1.807, 2.05) is 0 Å². The molecule has 2 aliphatic heterocycles. The Hall–Kier alpha value is -0.610. The van der Waals surface area contributed by atoms with Gasteiger partial charge in [-0.2, -0.15) is 0 Å². The van der Waals surface area contributed by atoms with Crippen molar-refractivity contribution in [2.45, 2.75) is 32.2 Å². The second-order valence-electron chi connectivity index (χ2n) is 5.75. The first-order chi connectivity index (χ1) is 8.15.